The Kier molecular flexibility index (Phi) is 11.8. The minimum Gasteiger partial charge on any atom is -0.508 e. The van der Waals surface area contributed by atoms with Crippen molar-refractivity contribution in [3.05, 3.63) is 69.8 Å². The lowest BCUT2D eigenvalue weighted by atomic mass is 9.86. The van der Waals surface area contributed by atoms with Gasteiger partial charge in [-0.15, -0.1) is 0 Å². The SMILES string of the molecule is CCc1cc(O)cc(Cc2cc3c(cc2OO[C@H]2[C@H](OCCN)O[C@H](COC(=O)CC(=O)O)[C@@H](O)[C@@H]2O)[C@H]2Oc4c(cc5c(c4CC(C)C)OCO5)[C@H]2CO3)c1. The number of hydrogen-bond donors (Lipinski definition) is 5. The zero-order valence-electron chi connectivity index (χ0n) is 31.3. The fraction of sp³-hybridized carbons (Fsp3) is 0.500. The smallest absolute Gasteiger partial charge is 0.317 e. The van der Waals surface area contributed by atoms with Crippen LogP contribution in [-0.4, -0.2) is 96.2 Å². The third kappa shape index (κ3) is 8.17. The van der Waals surface area contributed by atoms with Crippen molar-refractivity contribution in [2.75, 3.05) is 33.2 Å². The molecule has 0 spiro atoms. The molecule has 7 rings (SSSR count). The number of fused-ring (bicyclic) bond motifs is 6. The molecule has 7 atom stereocenters. The average molecular weight is 782 g/mol. The van der Waals surface area contributed by atoms with Crippen LogP contribution in [0.2, 0.25) is 0 Å². The predicted octanol–water partition coefficient (Wildman–Crippen LogP) is 3.20. The van der Waals surface area contributed by atoms with Crippen LogP contribution in [0.3, 0.4) is 0 Å². The topological polar surface area (TPSA) is 224 Å². The van der Waals surface area contributed by atoms with Crippen molar-refractivity contribution in [1.29, 1.82) is 0 Å². The number of carboxylic acids is 1. The van der Waals surface area contributed by atoms with Crippen LogP contribution in [0, 0.1) is 5.92 Å². The van der Waals surface area contributed by atoms with E-state index < -0.39 is 61.8 Å². The average Bonchev–Trinajstić information content (AvgIpc) is 3.79. The Labute approximate surface area is 322 Å². The maximum absolute atomic E-state index is 11.9. The van der Waals surface area contributed by atoms with Crippen molar-refractivity contribution in [2.24, 2.45) is 11.7 Å². The van der Waals surface area contributed by atoms with E-state index >= 15 is 0 Å². The fourth-order valence-corrected chi connectivity index (χ4v) is 7.50. The van der Waals surface area contributed by atoms with Crippen LogP contribution >= 0.6 is 0 Å². The second-order valence-electron chi connectivity index (χ2n) is 14.7. The van der Waals surface area contributed by atoms with Crippen LogP contribution in [0.5, 0.6) is 34.5 Å². The van der Waals surface area contributed by atoms with Crippen molar-refractivity contribution >= 4 is 11.9 Å². The Bertz CT molecular complexity index is 1930. The lowest BCUT2D eigenvalue weighted by Crippen LogP contribution is -2.60. The number of carbonyl (C=O) groups is 2. The summed E-state index contributed by atoms with van der Waals surface area (Å²) < 4.78 is 41.4. The molecule has 1 fully saturated rings. The molecule has 16 nitrogen and oxygen atoms in total. The molecule has 1 saturated heterocycles. The molecule has 0 radical (unpaired) electrons. The Hall–Kier alpha value is -4.84. The number of aromatic hydroxyl groups is 1. The second-order valence-corrected chi connectivity index (χ2v) is 14.7. The van der Waals surface area contributed by atoms with E-state index in [2.05, 4.69) is 13.8 Å². The molecule has 0 saturated carbocycles. The number of rotatable bonds is 15. The minimum absolute atomic E-state index is 0.0309. The zero-order valence-corrected chi connectivity index (χ0v) is 31.3. The van der Waals surface area contributed by atoms with Crippen molar-refractivity contribution in [2.45, 2.75) is 89.2 Å². The summed E-state index contributed by atoms with van der Waals surface area (Å²) in [5.41, 5.74) is 10.6. The number of hydrogen-bond acceptors (Lipinski definition) is 15. The maximum Gasteiger partial charge on any atom is 0.317 e. The Morgan fingerprint density at radius 2 is 1.77 bits per heavy atom. The number of nitrogens with two attached hydrogens (primary N) is 1. The molecule has 3 aromatic carbocycles. The van der Waals surface area contributed by atoms with Gasteiger partial charge >= 0.3 is 11.9 Å². The number of aliphatic hydroxyl groups is 2. The van der Waals surface area contributed by atoms with Crippen LogP contribution in [0.15, 0.2) is 36.4 Å². The van der Waals surface area contributed by atoms with Gasteiger partial charge < -0.3 is 64.2 Å². The summed E-state index contributed by atoms with van der Waals surface area (Å²) in [6.45, 7) is 6.19. The standard InChI is InChI=1S/C40H47NO15/c1-4-20-8-21(11-23(42)10-20)9-22-12-29-25(37-27(16-49-29)24-13-30-38(52-18-51-30)26(7-19(2)3)36(24)54-37)14-28(22)55-56-39-35(47)34(46)31(53-40(39)48-6-5-41)17-50-33(45)15-32(43)44/h8,10-14,19,27,31,34-35,37,39-40,42,46-47H,4-7,9,15-18,41H2,1-3H3,(H,43,44)/t27-,31-,34-,35+,37-,39-,40-/m1/s1. The van der Waals surface area contributed by atoms with Gasteiger partial charge in [0.05, 0.1) is 19.1 Å². The molecule has 4 aliphatic rings. The van der Waals surface area contributed by atoms with E-state index in [0.717, 1.165) is 28.0 Å². The number of aliphatic carboxylic acids is 1. The Morgan fingerprint density at radius 3 is 2.52 bits per heavy atom. The third-order valence-electron chi connectivity index (χ3n) is 10.1. The van der Waals surface area contributed by atoms with Gasteiger partial charge in [0.15, 0.2) is 29.6 Å². The highest BCUT2D eigenvalue weighted by Crippen LogP contribution is 2.57. The number of esters is 1. The van der Waals surface area contributed by atoms with Gasteiger partial charge in [0.1, 0.15) is 54.7 Å². The second kappa shape index (κ2) is 16.7. The molecular formula is C40H47NO15. The largest absolute Gasteiger partial charge is 0.508 e. The summed E-state index contributed by atoms with van der Waals surface area (Å²) in [5, 5.41) is 41.6. The molecule has 4 heterocycles. The Balaban J connectivity index is 1.20. The van der Waals surface area contributed by atoms with Gasteiger partial charge in [-0.25, -0.2) is 0 Å². The monoisotopic (exact) mass is 781 g/mol. The molecular weight excluding hydrogens is 734 g/mol. The molecule has 0 amide bonds. The lowest BCUT2D eigenvalue weighted by Gasteiger charge is -2.41. The first kappa shape index (κ1) is 39.4. The number of aliphatic hydroxyl groups excluding tert-OH is 2. The maximum atomic E-state index is 11.9. The van der Waals surface area contributed by atoms with Crippen molar-refractivity contribution in [1.82, 2.24) is 0 Å². The van der Waals surface area contributed by atoms with E-state index in [9.17, 15) is 24.9 Å². The van der Waals surface area contributed by atoms with E-state index in [-0.39, 0.29) is 43.8 Å². The minimum atomic E-state index is -1.68. The summed E-state index contributed by atoms with van der Waals surface area (Å²) in [7, 11) is 0. The summed E-state index contributed by atoms with van der Waals surface area (Å²) in [4.78, 5) is 34.7. The number of aryl methyl sites for hydroxylation is 1. The highest BCUT2D eigenvalue weighted by atomic mass is 17.2. The van der Waals surface area contributed by atoms with Gasteiger partial charge in [0.25, 0.3) is 0 Å². The first-order chi connectivity index (χ1) is 26.9. The number of phenols is 1. The van der Waals surface area contributed by atoms with Gasteiger partial charge in [-0.2, -0.15) is 4.89 Å². The Morgan fingerprint density at radius 1 is 0.964 bits per heavy atom. The van der Waals surface area contributed by atoms with Gasteiger partial charge in [0.2, 0.25) is 6.79 Å². The normalized spacial score (nSPS) is 24.4. The highest BCUT2D eigenvalue weighted by Gasteiger charge is 2.48. The number of phenolic OH excluding ortho intramolecular Hbond substituents is 1. The van der Waals surface area contributed by atoms with Crippen LogP contribution in [0.1, 0.15) is 72.6 Å². The molecule has 0 aliphatic carbocycles. The molecule has 6 N–H and O–H groups in total. The van der Waals surface area contributed by atoms with E-state index in [1.807, 2.05) is 25.1 Å². The summed E-state index contributed by atoms with van der Waals surface area (Å²) >= 11 is 0. The van der Waals surface area contributed by atoms with Crippen molar-refractivity contribution < 1.29 is 72.9 Å². The lowest BCUT2D eigenvalue weighted by molar-refractivity contribution is -0.372. The van der Waals surface area contributed by atoms with Gasteiger partial charge in [-0.3, -0.25) is 9.59 Å². The van der Waals surface area contributed by atoms with Crippen LogP contribution in [0.25, 0.3) is 0 Å². The van der Waals surface area contributed by atoms with Crippen molar-refractivity contribution in [3.8, 4) is 34.5 Å². The number of carbonyl (C=O) groups excluding carboxylic acids is 1. The number of benzene rings is 3. The molecule has 16 heteroatoms. The van der Waals surface area contributed by atoms with Crippen molar-refractivity contribution in [3.63, 3.8) is 0 Å². The van der Waals surface area contributed by atoms with Crippen LogP contribution < -0.4 is 29.6 Å². The highest BCUT2D eigenvalue weighted by molar-refractivity contribution is 5.90. The van der Waals surface area contributed by atoms with Gasteiger partial charge in [-0.1, -0.05) is 26.8 Å². The number of carboxylic acid groups (broad SMARTS) is 1. The summed E-state index contributed by atoms with van der Waals surface area (Å²) in [5.74, 6) is 0.699. The molecule has 4 aliphatic heterocycles. The molecule has 0 aromatic heterocycles. The van der Waals surface area contributed by atoms with Gasteiger partial charge in [-0.05, 0) is 60.2 Å². The number of ether oxygens (including phenoxy) is 7. The summed E-state index contributed by atoms with van der Waals surface area (Å²) in [6, 6.07) is 10.9. The van der Waals surface area contributed by atoms with E-state index in [0.29, 0.717) is 53.7 Å². The molecule has 0 bridgehead atoms. The predicted molar refractivity (Wildman–Crippen MR) is 194 cm³/mol. The van der Waals surface area contributed by atoms with E-state index in [1.165, 1.54) is 0 Å². The van der Waals surface area contributed by atoms with Gasteiger partial charge in [0, 0.05) is 35.2 Å². The van der Waals surface area contributed by atoms with E-state index in [1.54, 1.807) is 18.2 Å². The summed E-state index contributed by atoms with van der Waals surface area (Å²) in [6.07, 6.45) is -7.09. The first-order valence-corrected chi connectivity index (χ1v) is 18.7. The van der Waals surface area contributed by atoms with E-state index in [4.69, 9.17) is 53.8 Å². The molecule has 0 unspecified atom stereocenters. The molecule has 302 valence electrons. The molecule has 3 aromatic rings. The molecule has 56 heavy (non-hydrogen) atoms. The first-order valence-electron chi connectivity index (χ1n) is 18.7. The van der Waals surface area contributed by atoms with Crippen LogP contribution in [-0.2, 0) is 47.9 Å². The third-order valence-corrected chi connectivity index (χ3v) is 10.1. The zero-order chi connectivity index (χ0) is 39.7. The fourth-order valence-electron chi connectivity index (χ4n) is 7.50. The van der Waals surface area contributed by atoms with Crippen LogP contribution in [0.4, 0.5) is 0 Å². The quantitative estimate of drug-likeness (QED) is 0.0646.